The summed E-state index contributed by atoms with van der Waals surface area (Å²) in [6.45, 7) is 0.390. The smallest absolute Gasteiger partial charge is 0.315 e. The monoisotopic (exact) mass is 290 g/mol. The molecular weight excluding hydrogens is 268 g/mol. The number of carbonyl (C=O) groups excluding carboxylic acids is 1. The van der Waals surface area contributed by atoms with Crippen molar-refractivity contribution in [3.8, 4) is 0 Å². The minimum absolute atomic E-state index is 0.0797. The fourth-order valence-corrected chi connectivity index (χ4v) is 2.36. The second-order valence-corrected chi connectivity index (χ2v) is 5.53. The lowest BCUT2D eigenvalue weighted by Crippen LogP contribution is -2.44. The molecule has 1 unspecified atom stereocenters. The van der Waals surface area contributed by atoms with E-state index in [9.17, 15) is 9.59 Å². The summed E-state index contributed by atoms with van der Waals surface area (Å²) in [7, 11) is 0. The Bertz CT molecular complexity index is 472. The summed E-state index contributed by atoms with van der Waals surface area (Å²) in [6.07, 6.45) is 3.70. The zero-order chi connectivity index (χ0) is 15.1. The Labute approximate surface area is 124 Å². The highest BCUT2D eigenvalue weighted by Gasteiger charge is 2.32. The van der Waals surface area contributed by atoms with Gasteiger partial charge in [-0.3, -0.25) is 4.79 Å². The van der Waals surface area contributed by atoms with Crippen LogP contribution in [0.4, 0.5) is 4.79 Å². The number of hydrogen-bond donors (Lipinski definition) is 3. The van der Waals surface area contributed by atoms with Crippen molar-refractivity contribution in [2.75, 3.05) is 6.54 Å². The highest BCUT2D eigenvalue weighted by Crippen LogP contribution is 2.34. The Balaban J connectivity index is 1.74. The van der Waals surface area contributed by atoms with Gasteiger partial charge in [0.25, 0.3) is 0 Å². The average molecular weight is 290 g/mol. The molecule has 1 aliphatic rings. The highest BCUT2D eigenvalue weighted by atomic mass is 16.4. The predicted molar refractivity (Wildman–Crippen MR) is 80.1 cm³/mol. The van der Waals surface area contributed by atoms with Gasteiger partial charge < -0.3 is 15.7 Å². The molecule has 0 saturated heterocycles. The maximum absolute atomic E-state index is 11.9. The van der Waals surface area contributed by atoms with Gasteiger partial charge in [-0.2, -0.15) is 0 Å². The van der Waals surface area contributed by atoms with Crippen molar-refractivity contribution >= 4 is 12.0 Å². The summed E-state index contributed by atoms with van der Waals surface area (Å²) in [4.78, 5) is 22.2. The summed E-state index contributed by atoms with van der Waals surface area (Å²) < 4.78 is 0. The molecule has 21 heavy (non-hydrogen) atoms. The van der Waals surface area contributed by atoms with Crippen LogP contribution in [0.25, 0.3) is 0 Å². The number of hydrogen-bond acceptors (Lipinski definition) is 2. The molecule has 0 radical (unpaired) electrons. The van der Waals surface area contributed by atoms with Crippen molar-refractivity contribution in [3.05, 3.63) is 35.9 Å². The number of nitrogens with one attached hydrogen (secondary N) is 2. The van der Waals surface area contributed by atoms with Crippen molar-refractivity contribution in [2.45, 2.75) is 38.1 Å². The SMILES string of the molecule is O=C(O)CCCNC(=O)NC(Cc1ccccc1)C1CC1. The molecule has 1 aromatic rings. The van der Waals surface area contributed by atoms with Gasteiger partial charge in [0.2, 0.25) is 0 Å². The van der Waals surface area contributed by atoms with Gasteiger partial charge in [-0.1, -0.05) is 30.3 Å². The maximum Gasteiger partial charge on any atom is 0.315 e. The normalized spacial score (nSPS) is 15.2. The first-order valence-corrected chi connectivity index (χ1v) is 7.45. The summed E-state index contributed by atoms with van der Waals surface area (Å²) in [6, 6.07) is 10.1. The molecule has 1 atom stereocenters. The highest BCUT2D eigenvalue weighted by molar-refractivity contribution is 5.74. The third-order valence-corrected chi connectivity index (χ3v) is 3.66. The van der Waals surface area contributed by atoms with Crippen molar-refractivity contribution < 1.29 is 14.7 Å². The van der Waals surface area contributed by atoms with Gasteiger partial charge in [0.1, 0.15) is 0 Å². The molecule has 0 aromatic heterocycles. The lowest BCUT2D eigenvalue weighted by atomic mass is 10.0. The van der Waals surface area contributed by atoms with Gasteiger partial charge >= 0.3 is 12.0 Å². The number of amides is 2. The number of aliphatic carboxylic acids is 1. The molecule has 0 aliphatic heterocycles. The molecule has 2 rings (SSSR count). The van der Waals surface area contributed by atoms with Crippen LogP contribution in [0.1, 0.15) is 31.2 Å². The van der Waals surface area contributed by atoms with E-state index in [-0.39, 0.29) is 18.5 Å². The van der Waals surface area contributed by atoms with Crippen LogP contribution in [0.15, 0.2) is 30.3 Å². The number of benzene rings is 1. The molecule has 2 amide bonds. The van der Waals surface area contributed by atoms with Gasteiger partial charge in [-0.15, -0.1) is 0 Å². The van der Waals surface area contributed by atoms with E-state index in [0.29, 0.717) is 18.9 Å². The number of carboxylic acid groups (broad SMARTS) is 1. The molecule has 1 fully saturated rings. The van der Waals surface area contributed by atoms with Crippen LogP contribution in [-0.4, -0.2) is 29.7 Å². The Hall–Kier alpha value is -2.04. The first-order valence-electron chi connectivity index (χ1n) is 7.45. The van der Waals surface area contributed by atoms with Crippen LogP contribution in [-0.2, 0) is 11.2 Å². The molecule has 1 aromatic carbocycles. The molecule has 3 N–H and O–H groups in total. The van der Waals surface area contributed by atoms with Crippen LogP contribution < -0.4 is 10.6 Å². The fourth-order valence-electron chi connectivity index (χ4n) is 2.36. The van der Waals surface area contributed by atoms with Crippen LogP contribution in [0.5, 0.6) is 0 Å². The summed E-state index contributed by atoms with van der Waals surface area (Å²) in [5.74, 6) is -0.271. The van der Waals surface area contributed by atoms with Gasteiger partial charge in [-0.05, 0) is 37.2 Å². The van der Waals surface area contributed by atoms with Crippen LogP contribution in [0, 0.1) is 5.92 Å². The van der Waals surface area contributed by atoms with Gasteiger partial charge in [0, 0.05) is 19.0 Å². The van der Waals surface area contributed by atoms with E-state index in [0.717, 1.165) is 19.3 Å². The molecule has 114 valence electrons. The van der Waals surface area contributed by atoms with Crippen molar-refractivity contribution in [1.82, 2.24) is 10.6 Å². The minimum atomic E-state index is -0.836. The maximum atomic E-state index is 11.9. The van der Waals surface area contributed by atoms with E-state index >= 15 is 0 Å². The van der Waals surface area contributed by atoms with Gasteiger partial charge in [0.05, 0.1) is 0 Å². The second-order valence-electron chi connectivity index (χ2n) is 5.53. The van der Waals surface area contributed by atoms with E-state index in [1.807, 2.05) is 18.2 Å². The largest absolute Gasteiger partial charge is 0.481 e. The lowest BCUT2D eigenvalue weighted by Gasteiger charge is -2.19. The molecule has 5 heteroatoms. The quantitative estimate of drug-likeness (QED) is 0.642. The molecule has 1 aliphatic carbocycles. The number of urea groups is 1. The predicted octanol–water partition coefficient (Wildman–Crippen LogP) is 2.17. The molecular formula is C16H22N2O3. The van der Waals surface area contributed by atoms with Crippen molar-refractivity contribution in [2.24, 2.45) is 5.92 Å². The van der Waals surface area contributed by atoms with E-state index in [1.165, 1.54) is 5.56 Å². The first-order chi connectivity index (χ1) is 10.1. The Morgan fingerprint density at radius 3 is 2.57 bits per heavy atom. The number of rotatable bonds is 8. The van der Waals surface area contributed by atoms with Crippen LogP contribution >= 0.6 is 0 Å². The van der Waals surface area contributed by atoms with E-state index in [4.69, 9.17) is 5.11 Å². The summed E-state index contributed by atoms with van der Waals surface area (Å²) in [5.41, 5.74) is 1.22. The van der Waals surface area contributed by atoms with E-state index < -0.39 is 5.97 Å². The van der Waals surface area contributed by atoms with Gasteiger partial charge in [0.15, 0.2) is 0 Å². The fraction of sp³-hybridized carbons (Fsp3) is 0.500. The lowest BCUT2D eigenvalue weighted by molar-refractivity contribution is -0.137. The Morgan fingerprint density at radius 1 is 1.24 bits per heavy atom. The number of carboxylic acids is 1. The molecule has 0 bridgehead atoms. The minimum Gasteiger partial charge on any atom is -0.481 e. The summed E-state index contributed by atoms with van der Waals surface area (Å²) in [5, 5.41) is 14.3. The molecule has 5 nitrogen and oxygen atoms in total. The van der Waals surface area contributed by atoms with E-state index in [1.54, 1.807) is 0 Å². The third kappa shape index (κ3) is 5.85. The molecule has 0 spiro atoms. The zero-order valence-electron chi connectivity index (χ0n) is 12.0. The van der Waals surface area contributed by atoms with Crippen molar-refractivity contribution in [1.29, 1.82) is 0 Å². The van der Waals surface area contributed by atoms with E-state index in [2.05, 4.69) is 22.8 Å². The van der Waals surface area contributed by atoms with Crippen LogP contribution in [0.2, 0.25) is 0 Å². The Morgan fingerprint density at radius 2 is 1.95 bits per heavy atom. The molecule has 1 saturated carbocycles. The zero-order valence-corrected chi connectivity index (χ0v) is 12.0. The second kappa shape index (κ2) is 7.67. The topological polar surface area (TPSA) is 78.4 Å². The summed E-state index contributed by atoms with van der Waals surface area (Å²) >= 11 is 0. The van der Waals surface area contributed by atoms with Crippen LogP contribution in [0.3, 0.4) is 0 Å². The number of carbonyl (C=O) groups is 2. The average Bonchev–Trinajstić information content (AvgIpc) is 3.28. The first kappa shape index (κ1) is 15.4. The Kier molecular flexibility index (Phi) is 5.60. The van der Waals surface area contributed by atoms with Crippen molar-refractivity contribution in [3.63, 3.8) is 0 Å². The third-order valence-electron chi connectivity index (χ3n) is 3.66. The molecule has 0 heterocycles. The van der Waals surface area contributed by atoms with Gasteiger partial charge in [-0.25, -0.2) is 4.79 Å². The standard InChI is InChI=1S/C16H22N2O3/c19-15(20)7-4-10-17-16(21)18-14(13-8-9-13)11-12-5-2-1-3-6-12/h1-3,5-6,13-14H,4,7-11H2,(H,19,20)(H2,17,18,21).